The monoisotopic (exact) mass is 434 g/mol. The lowest BCUT2D eigenvalue weighted by molar-refractivity contribution is -0.124. The average Bonchev–Trinajstić information content (AvgIpc) is 3.16. The zero-order valence-electron chi connectivity index (χ0n) is 17.2. The molecule has 156 valence electrons. The van der Waals surface area contributed by atoms with Gasteiger partial charge in [0.1, 0.15) is 6.04 Å². The maximum Gasteiger partial charge on any atom is 0.243 e. The third-order valence-electron chi connectivity index (χ3n) is 5.63. The Morgan fingerprint density at radius 1 is 1.10 bits per heavy atom. The van der Waals surface area contributed by atoms with Crippen molar-refractivity contribution in [1.82, 2.24) is 9.62 Å². The van der Waals surface area contributed by atoms with Crippen LogP contribution in [0.15, 0.2) is 41.3 Å². The molecule has 2 aromatic rings. The van der Waals surface area contributed by atoms with Crippen molar-refractivity contribution in [3.05, 3.63) is 63.7 Å². The second-order valence-electron chi connectivity index (χ2n) is 7.75. The lowest BCUT2D eigenvalue weighted by atomic mass is 9.96. The minimum absolute atomic E-state index is 0.152. The van der Waals surface area contributed by atoms with Crippen LogP contribution in [0.2, 0.25) is 5.02 Å². The maximum atomic E-state index is 13.1. The average molecular weight is 435 g/mol. The molecule has 2 atom stereocenters. The lowest BCUT2D eigenvalue weighted by Gasteiger charge is -2.26. The van der Waals surface area contributed by atoms with Crippen molar-refractivity contribution in [2.24, 2.45) is 0 Å². The molecule has 1 fully saturated rings. The molecule has 0 spiro atoms. The molecule has 0 unspecified atom stereocenters. The van der Waals surface area contributed by atoms with E-state index >= 15 is 0 Å². The Morgan fingerprint density at radius 2 is 1.72 bits per heavy atom. The summed E-state index contributed by atoms with van der Waals surface area (Å²) in [6.45, 7) is 8.40. The summed E-state index contributed by atoms with van der Waals surface area (Å²) in [5.74, 6) is -0.259. The van der Waals surface area contributed by atoms with Gasteiger partial charge in [0.2, 0.25) is 15.9 Å². The number of sulfonamides is 1. The summed E-state index contributed by atoms with van der Waals surface area (Å²) in [5, 5.41) is 3.49. The number of nitrogens with one attached hydrogen (secondary N) is 1. The van der Waals surface area contributed by atoms with Gasteiger partial charge in [0, 0.05) is 11.6 Å². The zero-order chi connectivity index (χ0) is 21.3. The second-order valence-corrected chi connectivity index (χ2v) is 10.1. The lowest BCUT2D eigenvalue weighted by Crippen LogP contribution is -2.46. The molecule has 0 saturated carbocycles. The van der Waals surface area contributed by atoms with Crippen molar-refractivity contribution in [3.63, 3.8) is 0 Å². The van der Waals surface area contributed by atoms with Gasteiger partial charge in [-0.25, -0.2) is 8.42 Å². The number of rotatable bonds is 5. The molecule has 3 rings (SSSR count). The van der Waals surface area contributed by atoms with Crippen molar-refractivity contribution < 1.29 is 13.2 Å². The molecule has 5 nitrogen and oxygen atoms in total. The van der Waals surface area contributed by atoms with E-state index in [0.29, 0.717) is 24.4 Å². The first kappa shape index (κ1) is 21.8. The zero-order valence-corrected chi connectivity index (χ0v) is 18.8. The highest BCUT2D eigenvalue weighted by Gasteiger charge is 2.39. The van der Waals surface area contributed by atoms with E-state index in [2.05, 4.69) is 24.4 Å². The van der Waals surface area contributed by atoms with E-state index in [-0.39, 0.29) is 16.8 Å². The van der Waals surface area contributed by atoms with Gasteiger partial charge in [0.05, 0.1) is 10.9 Å². The predicted molar refractivity (Wildman–Crippen MR) is 116 cm³/mol. The van der Waals surface area contributed by atoms with Crippen LogP contribution in [0.4, 0.5) is 0 Å². The summed E-state index contributed by atoms with van der Waals surface area (Å²) in [4.78, 5) is 13.1. The molecular formula is C22H27ClN2O3S. The van der Waals surface area contributed by atoms with Crippen molar-refractivity contribution in [3.8, 4) is 0 Å². The van der Waals surface area contributed by atoms with Crippen LogP contribution in [0.5, 0.6) is 0 Å². The molecule has 0 aliphatic carbocycles. The van der Waals surface area contributed by atoms with Crippen molar-refractivity contribution in [1.29, 1.82) is 0 Å². The minimum Gasteiger partial charge on any atom is -0.348 e. The standard InChI is InChI=1S/C22H27ClN2O3S/c1-14-12-16(3)20(13-15(14)2)17(4)24-22(26)21-6-5-11-25(21)29(27,28)19-9-7-18(23)8-10-19/h7-10,12-13,17,21H,5-6,11H2,1-4H3,(H,24,26)/t17-,21+/m1/s1. The summed E-state index contributed by atoms with van der Waals surface area (Å²) < 4.78 is 27.4. The first-order valence-electron chi connectivity index (χ1n) is 9.77. The number of hydrogen-bond acceptors (Lipinski definition) is 3. The summed E-state index contributed by atoms with van der Waals surface area (Å²) in [6.07, 6.45) is 1.17. The van der Waals surface area contributed by atoms with Crippen LogP contribution in [-0.2, 0) is 14.8 Å². The number of aryl methyl sites for hydroxylation is 3. The molecule has 1 saturated heterocycles. The van der Waals surface area contributed by atoms with Crippen molar-refractivity contribution >= 4 is 27.5 Å². The number of halogens is 1. The van der Waals surface area contributed by atoms with Crippen LogP contribution < -0.4 is 5.32 Å². The SMILES string of the molecule is Cc1cc(C)c([C@@H](C)NC(=O)[C@@H]2CCCN2S(=O)(=O)c2ccc(Cl)cc2)cc1C. The maximum absolute atomic E-state index is 13.1. The van der Waals surface area contributed by atoms with E-state index < -0.39 is 16.1 Å². The second kappa shape index (κ2) is 8.46. The van der Waals surface area contributed by atoms with E-state index in [0.717, 1.165) is 11.1 Å². The molecule has 7 heteroatoms. The molecule has 1 aliphatic heterocycles. The fourth-order valence-corrected chi connectivity index (χ4v) is 5.65. The predicted octanol–water partition coefficient (Wildman–Crippen LogP) is 4.30. The Bertz CT molecular complexity index is 1020. The van der Waals surface area contributed by atoms with E-state index in [1.807, 2.05) is 20.8 Å². The van der Waals surface area contributed by atoms with Gasteiger partial charge in [0.15, 0.2) is 0 Å². The molecular weight excluding hydrogens is 408 g/mol. The Balaban J connectivity index is 1.80. The van der Waals surface area contributed by atoms with E-state index in [1.54, 1.807) is 12.1 Å². The van der Waals surface area contributed by atoms with Gasteiger partial charge < -0.3 is 5.32 Å². The molecule has 2 aromatic carbocycles. The molecule has 1 N–H and O–H groups in total. The van der Waals surface area contributed by atoms with Crippen LogP contribution in [0.1, 0.15) is 48.1 Å². The third kappa shape index (κ3) is 4.49. The van der Waals surface area contributed by atoms with Gasteiger partial charge in [0.25, 0.3) is 0 Å². The summed E-state index contributed by atoms with van der Waals surface area (Å²) in [5.41, 5.74) is 4.53. The number of carbonyl (C=O) groups excluding carboxylic acids is 1. The van der Waals surface area contributed by atoms with Crippen molar-refractivity contribution in [2.75, 3.05) is 6.54 Å². The van der Waals surface area contributed by atoms with Crippen LogP contribution in [0.3, 0.4) is 0 Å². The summed E-state index contributed by atoms with van der Waals surface area (Å²) >= 11 is 5.88. The normalized spacial score (nSPS) is 18.6. The van der Waals surface area contributed by atoms with E-state index in [9.17, 15) is 13.2 Å². The summed E-state index contributed by atoms with van der Waals surface area (Å²) in [7, 11) is -3.76. The quantitative estimate of drug-likeness (QED) is 0.763. The third-order valence-corrected chi connectivity index (χ3v) is 7.81. The van der Waals surface area contributed by atoms with Crippen LogP contribution in [0, 0.1) is 20.8 Å². The first-order chi connectivity index (χ1) is 13.6. The van der Waals surface area contributed by atoms with E-state index in [4.69, 9.17) is 11.6 Å². The molecule has 0 bridgehead atoms. The molecule has 1 heterocycles. The largest absolute Gasteiger partial charge is 0.348 e. The number of amides is 1. The number of carbonyl (C=O) groups is 1. The van der Waals surface area contributed by atoms with Gasteiger partial charge in [-0.1, -0.05) is 23.7 Å². The first-order valence-corrected chi connectivity index (χ1v) is 11.6. The summed E-state index contributed by atoms with van der Waals surface area (Å²) in [6, 6.07) is 9.34. The fourth-order valence-electron chi connectivity index (χ4n) is 3.87. The van der Waals surface area contributed by atoms with E-state index in [1.165, 1.54) is 27.6 Å². The molecule has 1 aliphatic rings. The van der Waals surface area contributed by atoms with Gasteiger partial charge in [-0.3, -0.25) is 4.79 Å². The van der Waals surface area contributed by atoms with Crippen LogP contribution in [-0.4, -0.2) is 31.2 Å². The molecule has 1 amide bonds. The molecule has 29 heavy (non-hydrogen) atoms. The number of benzene rings is 2. The van der Waals surface area contributed by atoms with Gasteiger partial charge >= 0.3 is 0 Å². The Morgan fingerprint density at radius 3 is 2.38 bits per heavy atom. The van der Waals surface area contributed by atoms with Gasteiger partial charge in [-0.05, 0) is 87.1 Å². The Labute approximate surface area is 178 Å². The minimum atomic E-state index is -3.76. The highest BCUT2D eigenvalue weighted by molar-refractivity contribution is 7.89. The topological polar surface area (TPSA) is 66.5 Å². The fraction of sp³-hybridized carbons (Fsp3) is 0.409. The Kier molecular flexibility index (Phi) is 6.36. The highest BCUT2D eigenvalue weighted by atomic mass is 35.5. The molecule has 0 radical (unpaired) electrons. The van der Waals surface area contributed by atoms with Crippen LogP contribution >= 0.6 is 11.6 Å². The smallest absolute Gasteiger partial charge is 0.243 e. The van der Waals surface area contributed by atoms with Crippen molar-refractivity contribution in [2.45, 2.75) is 57.5 Å². The highest BCUT2D eigenvalue weighted by Crippen LogP contribution is 2.28. The van der Waals surface area contributed by atoms with Crippen LogP contribution in [0.25, 0.3) is 0 Å². The number of nitrogens with zero attached hydrogens (tertiary/aromatic N) is 1. The van der Waals surface area contributed by atoms with Gasteiger partial charge in [-0.2, -0.15) is 4.31 Å². The number of hydrogen-bond donors (Lipinski definition) is 1. The Hall–Kier alpha value is -1.89. The van der Waals surface area contributed by atoms with Gasteiger partial charge in [-0.15, -0.1) is 0 Å². The molecule has 0 aromatic heterocycles.